The average molecular weight is 582 g/mol. The third kappa shape index (κ3) is 3.06. The van der Waals surface area contributed by atoms with Gasteiger partial charge in [-0.1, -0.05) is 86.6 Å². The standard InChI is InChI=1S/C36H22Cl2N4/c1-36(2)26-14-8-13-23-21-11-3-5-15-27(21)42-28-16-6-4-12-22(28)25-18-24(31(36)30(29(23)26)32(25)42)19-9-7-10-20(17-19)33-39-34(37)41-35(38)40-33/h3-18H,1-2H3. The molecule has 42 heavy (non-hydrogen) atoms. The van der Waals surface area contributed by atoms with Gasteiger partial charge >= 0.3 is 0 Å². The summed E-state index contributed by atoms with van der Waals surface area (Å²) in [6.45, 7) is 4.71. The van der Waals surface area contributed by atoms with Crippen molar-refractivity contribution in [1.82, 2.24) is 19.5 Å². The Labute approximate surface area is 252 Å². The van der Waals surface area contributed by atoms with Crippen molar-refractivity contribution in [2.45, 2.75) is 19.3 Å². The molecule has 0 amide bonds. The topological polar surface area (TPSA) is 43.6 Å². The van der Waals surface area contributed by atoms with Gasteiger partial charge in [-0.25, -0.2) is 0 Å². The minimum absolute atomic E-state index is 0.0765. The van der Waals surface area contributed by atoms with Crippen LogP contribution in [0.25, 0.3) is 72.3 Å². The van der Waals surface area contributed by atoms with Crippen molar-refractivity contribution < 1.29 is 0 Å². The number of rotatable bonds is 2. The van der Waals surface area contributed by atoms with Gasteiger partial charge in [0, 0.05) is 32.9 Å². The Balaban J connectivity index is 1.46. The van der Waals surface area contributed by atoms with Gasteiger partial charge in [0.05, 0.1) is 16.7 Å². The van der Waals surface area contributed by atoms with Gasteiger partial charge in [0.25, 0.3) is 0 Å². The van der Waals surface area contributed by atoms with Crippen molar-refractivity contribution in [3.8, 4) is 50.5 Å². The van der Waals surface area contributed by atoms with Crippen molar-refractivity contribution in [1.29, 1.82) is 0 Å². The molecular formula is C36H22Cl2N4. The summed E-state index contributed by atoms with van der Waals surface area (Å²) in [5, 5.41) is 2.63. The lowest BCUT2D eigenvalue weighted by molar-refractivity contribution is 0.662. The highest BCUT2D eigenvalue weighted by atomic mass is 35.5. The van der Waals surface area contributed by atoms with Crippen LogP contribution in [0, 0.1) is 0 Å². The molecule has 1 aliphatic carbocycles. The summed E-state index contributed by atoms with van der Waals surface area (Å²) in [4.78, 5) is 12.7. The molecule has 0 saturated heterocycles. The molecule has 6 heteroatoms. The number of hydrogen-bond acceptors (Lipinski definition) is 3. The van der Waals surface area contributed by atoms with Crippen LogP contribution in [-0.4, -0.2) is 19.5 Å². The molecule has 0 saturated carbocycles. The van der Waals surface area contributed by atoms with Crippen molar-refractivity contribution in [2.75, 3.05) is 0 Å². The Morgan fingerprint density at radius 3 is 2.19 bits per heavy atom. The predicted octanol–water partition coefficient (Wildman–Crippen LogP) is 9.90. The molecule has 0 unspecified atom stereocenters. The largest absolute Gasteiger partial charge is 0.308 e. The third-order valence-corrected chi connectivity index (χ3v) is 9.36. The zero-order chi connectivity index (χ0) is 28.3. The fourth-order valence-corrected chi connectivity index (χ4v) is 7.74. The number of benzene rings is 5. The molecule has 5 aromatic carbocycles. The summed E-state index contributed by atoms with van der Waals surface area (Å²) >= 11 is 12.3. The van der Waals surface area contributed by atoms with E-state index in [0.717, 1.165) is 11.1 Å². The van der Waals surface area contributed by atoms with Gasteiger partial charge in [-0.15, -0.1) is 0 Å². The van der Waals surface area contributed by atoms with Crippen LogP contribution >= 0.6 is 23.2 Å². The first-order chi connectivity index (χ1) is 20.4. The zero-order valence-electron chi connectivity index (χ0n) is 22.8. The van der Waals surface area contributed by atoms with Crippen molar-refractivity contribution >= 4 is 45.0 Å². The zero-order valence-corrected chi connectivity index (χ0v) is 24.3. The highest BCUT2D eigenvalue weighted by Crippen LogP contribution is 2.60. The van der Waals surface area contributed by atoms with Gasteiger partial charge in [0.2, 0.25) is 10.6 Å². The summed E-state index contributed by atoms with van der Waals surface area (Å²) in [6, 6.07) is 35.1. The molecule has 0 N–H and O–H groups in total. The Kier molecular flexibility index (Phi) is 4.76. The van der Waals surface area contributed by atoms with E-state index in [4.69, 9.17) is 23.2 Å². The third-order valence-electron chi connectivity index (χ3n) is 9.02. The molecule has 200 valence electrons. The van der Waals surface area contributed by atoms with E-state index < -0.39 is 0 Å². The molecule has 2 aliphatic rings. The molecule has 0 spiro atoms. The summed E-state index contributed by atoms with van der Waals surface area (Å²) in [6.07, 6.45) is 0. The van der Waals surface area contributed by atoms with Crippen LogP contribution in [0.5, 0.6) is 0 Å². The lowest BCUT2D eigenvalue weighted by Gasteiger charge is -2.26. The molecule has 7 aromatic rings. The monoisotopic (exact) mass is 580 g/mol. The van der Waals surface area contributed by atoms with E-state index in [1.165, 1.54) is 66.4 Å². The first kappa shape index (κ1) is 24.1. The maximum absolute atomic E-state index is 6.16. The van der Waals surface area contributed by atoms with E-state index in [2.05, 4.69) is 118 Å². The molecule has 1 aliphatic heterocycles. The second-order valence-electron chi connectivity index (χ2n) is 11.6. The summed E-state index contributed by atoms with van der Waals surface area (Å²) in [5.41, 5.74) is 14.5. The van der Waals surface area contributed by atoms with E-state index in [1.807, 2.05) is 12.1 Å². The second kappa shape index (κ2) is 8.28. The highest BCUT2D eigenvalue weighted by Gasteiger charge is 2.42. The number of aromatic nitrogens is 4. The summed E-state index contributed by atoms with van der Waals surface area (Å²) in [7, 11) is 0. The van der Waals surface area contributed by atoms with Crippen LogP contribution < -0.4 is 0 Å². The van der Waals surface area contributed by atoms with E-state index >= 15 is 0 Å². The van der Waals surface area contributed by atoms with Crippen LogP contribution in [0.4, 0.5) is 0 Å². The Morgan fingerprint density at radius 1 is 0.619 bits per heavy atom. The van der Waals surface area contributed by atoms with Gasteiger partial charge < -0.3 is 4.57 Å². The first-order valence-electron chi connectivity index (χ1n) is 13.9. The SMILES string of the molecule is CC1(C)c2cccc3c2-c2c1c(-c1cccc(-c4nc(Cl)nc(Cl)n4)c1)cc1c4ccccc4n(c21)-c1ccccc1-3. The summed E-state index contributed by atoms with van der Waals surface area (Å²) < 4.78 is 2.49. The molecule has 0 bridgehead atoms. The molecule has 0 fully saturated rings. The minimum Gasteiger partial charge on any atom is -0.308 e. The van der Waals surface area contributed by atoms with Crippen LogP contribution in [-0.2, 0) is 5.41 Å². The van der Waals surface area contributed by atoms with Gasteiger partial charge in [0.1, 0.15) is 0 Å². The molecule has 0 atom stereocenters. The lowest BCUT2D eigenvalue weighted by atomic mass is 9.78. The highest BCUT2D eigenvalue weighted by molar-refractivity contribution is 6.31. The maximum Gasteiger partial charge on any atom is 0.227 e. The average Bonchev–Trinajstić information content (AvgIpc) is 3.40. The first-order valence-corrected chi connectivity index (χ1v) is 14.7. The van der Waals surface area contributed by atoms with Crippen LogP contribution in [0.3, 0.4) is 0 Å². The van der Waals surface area contributed by atoms with Crippen LogP contribution in [0.2, 0.25) is 10.6 Å². The number of para-hydroxylation sites is 2. The fourth-order valence-electron chi connectivity index (χ4n) is 7.38. The molecule has 2 aromatic heterocycles. The second-order valence-corrected chi connectivity index (χ2v) is 12.2. The van der Waals surface area contributed by atoms with Crippen LogP contribution in [0.15, 0.2) is 97.1 Å². The van der Waals surface area contributed by atoms with Gasteiger partial charge in [0.15, 0.2) is 5.82 Å². The Morgan fingerprint density at radius 2 is 1.33 bits per heavy atom. The minimum atomic E-state index is -0.229. The molecular weight excluding hydrogens is 559 g/mol. The maximum atomic E-state index is 6.16. The Hall–Kier alpha value is -4.51. The number of halogens is 2. The lowest BCUT2D eigenvalue weighted by Crippen LogP contribution is -2.16. The van der Waals surface area contributed by atoms with Crippen molar-refractivity contribution in [2.24, 2.45) is 0 Å². The van der Waals surface area contributed by atoms with Gasteiger partial charge in [-0.05, 0) is 80.8 Å². The fraction of sp³-hybridized carbons (Fsp3) is 0.0833. The smallest absolute Gasteiger partial charge is 0.227 e. The Bertz CT molecular complexity index is 2290. The molecule has 3 heterocycles. The van der Waals surface area contributed by atoms with E-state index in [1.54, 1.807) is 0 Å². The van der Waals surface area contributed by atoms with Crippen LogP contribution in [0.1, 0.15) is 25.0 Å². The predicted molar refractivity (Wildman–Crippen MR) is 172 cm³/mol. The molecule has 9 rings (SSSR count). The van der Waals surface area contributed by atoms with Crippen molar-refractivity contribution in [3.63, 3.8) is 0 Å². The number of nitrogens with zero attached hydrogens (tertiary/aromatic N) is 4. The molecule has 0 radical (unpaired) electrons. The summed E-state index contributed by atoms with van der Waals surface area (Å²) in [5.74, 6) is 0.453. The van der Waals surface area contributed by atoms with Gasteiger partial charge in [-0.3, -0.25) is 0 Å². The number of hydrogen-bond donors (Lipinski definition) is 0. The van der Waals surface area contributed by atoms with Gasteiger partial charge in [-0.2, -0.15) is 15.0 Å². The normalized spacial score (nSPS) is 13.9. The molecule has 4 nitrogen and oxygen atoms in total. The quantitative estimate of drug-likeness (QED) is 0.204. The van der Waals surface area contributed by atoms with E-state index in [9.17, 15) is 0 Å². The van der Waals surface area contributed by atoms with E-state index in [-0.39, 0.29) is 16.0 Å². The van der Waals surface area contributed by atoms with E-state index in [0.29, 0.717) is 5.82 Å². The van der Waals surface area contributed by atoms with Crippen molar-refractivity contribution in [3.05, 3.63) is 119 Å². The number of fused-ring (bicyclic) bond motifs is 6.